The average molecular weight is 232 g/mol. The van der Waals surface area contributed by atoms with Gasteiger partial charge in [-0.05, 0) is 5.56 Å². The molecule has 1 aromatic rings. The zero-order valence-electron chi connectivity index (χ0n) is 8.23. The van der Waals surface area contributed by atoms with E-state index in [-0.39, 0.29) is 25.6 Å². The predicted molar refractivity (Wildman–Crippen MR) is 50.0 cm³/mol. The summed E-state index contributed by atoms with van der Waals surface area (Å²) >= 11 is 0. The smallest absolute Gasteiger partial charge is 0.367 e. The molecule has 84 valence electrons. The molecule has 5 heteroatoms. The van der Waals surface area contributed by atoms with Crippen LogP contribution in [0, 0.1) is 0 Å². The zero-order valence-corrected chi connectivity index (χ0v) is 8.98. The van der Waals surface area contributed by atoms with E-state index in [1.807, 2.05) is 30.3 Å². The Balaban J connectivity index is 0.00000196. The van der Waals surface area contributed by atoms with Gasteiger partial charge in [-0.1, -0.05) is 30.3 Å². The third-order valence-corrected chi connectivity index (χ3v) is 1.78. The topological polar surface area (TPSA) is 74.2 Å². The third-order valence-electron chi connectivity index (χ3n) is 1.78. The summed E-state index contributed by atoms with van der Waals surface area (Å²) in [6.45, 7) is -0.0562. The van der Waals surface area contributed by atoms with E-state index in [4.69, 9.17) is 9.84 Å². The fourth-order valence-corrected chi connectivity index (χ4v) is 0.921. The number of carbonyl (C=O) groups is 1. The molecule has 0 amide bonds. The largest absolute Gasteiger partial charge is 1.00 e. The quantitative estimate of drug-likeness (QED) is 0.525. The molecule has 0 bridgehead atoms. The van der Waals surface area contributed by atoms with Gasteiger partial charge in [-0.2, -0.15) is 0 Å². The minimum atomic E-state index is -0.696. The maximum absolute atomic E-state index is 11.1. The Kier molecular flexibility index (Phi) is 6.70. The van der Waals surface area contributed by atoms with Crippen molar-refractivity contribution in [3.63, 3.8) is 0 Å². The van der Waals surface area contributed by atoms with Crippen molar-refractivity contribution in [3.05, 3.63) is 35.9 Å². The molecule has 4 nitrogen and oxygen atoms in total. The Morgan fingerprint density at radius 3 is 2.53 bits per heavy atom. The number of aliphatic hydroxyl groups is 1. The van der Waals surface area contributed by atoms with Gasteiger partial charge in [0, 0.05) is 0 Å². The van der Waals surface area contributed by atoms with Crippen LogP contribution in [0.25, 0.3) is 0 Å². The number of carbonyl (C=O) groups excluding carboxylic acids is 1. The van der Waals surface area contributed by atoms with Crippen molar-refractivity contribution in [2.24, 2.45) is 0 Å². The standard InChI is InChI=1S/C10H13NO3.ClH/c11-9(6-12)10(13)14-7-8-4-2-1-3-5-8;/h1-5,9,12H,6-7,11H2;1H/t9-;/m0./s1. The third kappa shape index (κ3) is 4.78. The lowest BCUT2D eigenvalue weighted by Gasteiger charge is -2.06. The van der Waals surface area contributed by atoms with Crippen LogP contribution < -0.4 is 18.1 Å². The van der Waals surface area contributed by atoms with Crippen LogP contribution in [0.15, 0.2) is 30.3 Å². The van der Waals surface area contributed by atoms with E-state index in [0.29, 0.717) is 0 Å². The van der Waals surface area contributed by atoms with Gasteiger partial charge in [0.05, 0.1) is 0 Å². The first kappa shape index (κ1) is 13.9. The molecule has 0 spiro atoms. The van der Waals surface area contributed by atoms with E-state index in [0.717, 1.165) is 5.56 Å². The maximum atomic E-state index is 11.1. The first-order valence-electron chi connectivity index (χ1n) is 4.38. The van der Waals surface area contributed by atoms with Gasteiger partial charge in [-0.3, -0.25) is 0 Å². The van der Waals surface area contributed by atoms with Crippen molar-refractivity contribution in [1.29, 1.82) is 0 Å². The Labute approximate surface area is 94.5 Å². The van der Waals surface area contributed by atoms with Crippen molar-refractivity contribution >= 4 is 5.97 Å². The average Bonchev–Trinajstić information content (AvgIpc) is 2.26. The van der Waals surface area contributed by atoms with Gasteiger partial charge in [-0.25, -0.2) is 4.79 Å². The molecular weight excluding hydrogens is 218 g/mol. The number of halogens is 1. The molecule has 0 heterocycles. The molecule has 0 fully saturated rings. The van der Waals surface area contributed by atoms with Crippen LogP contribution in [0.1, 0.15) is 5.56 Å². The lowest BCUT2D eigenvalue weighted by atomic mass is 10.2. The molecule has 0 aliphatic rings. The highest BCUT2D eigenvalue weighted by atomic mass is 35.5. The molecule has 1 atom stereocenters. The first-order valence-corrected chi connectivity index (χ1v) is 4.38. The SMILES string of the molecule is [Cl-].[NH3+][C@@H](CO)C(=O)OCc1ccccc1. The number of quaternary nitrogens is 1. The van der Waals surface area contributed by atoms with Crippen molar-refractivity contribution in [1.82, 2.24) is 0 Å². The van der Waals surface area contributed by atoms with E-state index in [2.05, 4.69) is 5.73 Å². The van der Waals surface area contributed by atoms with E-state index in [9.17, 15) is 4.79 Å². The second-order valence-electron chi connectivity index (χ2n) is 2.97. The lowest BCUT2D eigenvalue weighted by molar-refractivity contribution is -0.413. The van der Waals surface area contributed by atoms with Gasteiger partial charge in [0.2, 0.25) is 6.04 Å². The van der Waals surface area contributed by atoms with Gasteiger partial charge in [0.25, 0.3) is 0 Å². The molecule has 0 unspecified atom stereocenters. The van der Waals surface area contributed by atoms with Crippen LogP contribution in [0.3, 0.4) is 0 Å². The highest BCUT2D eigenvalue weighted by molar-refractivity contribution is 5.74. The molecule has 0 saturated heterocycles. The summed E-state index contributed by atoms with van der Waals surface area (Å²) in [4.78, 5) is 11.1. The summed E-state index contributed by atoms with van der Waals surface area (Å²) in [5.41, 5.74) is 4.37. The molecule has 0 radical (unpaired) electrons. The van der Waals surface area contributed by atoms with Gasteiger partial charge >= 0.3 is 5.97 Å². The van der Waals surface area contributed by atoms with Crippen LogP contribution in [-0.2, 0) is 16.1 Å². The molecule has 15 heavy (non-hydrogen) atoms. The Hall–Kier alpha value is -1.10. The highest BCUT2D eigenvalue weighted by Gasteiger charge is 2.16. The lowest BCUT2D eigenvalue weighted by Crippen LogP contribution is -3.00. The minimum Gasteiger partial charge on any atom is -1.00 e. The minimum absolute atomic E-state index is 0. The molecule has 0 aliphatic carbocycles. The second-order valence-corrected chi connectivity index (χ2v) is 2.97. The van der Waals surface area contributed by atoms with Crippen LogP contribution >= 0.6 is 0 Å². The van der Waals surface area contributed by atoms with Gasteiger partial charge in [-0.15, -0.1) is 0 Å². The Bertz CT molecular complexity index is 292. The van der Waals surface area contributed by atoms with Crippen LogP contribution in [0.4, 0.5) is 0 Å². The molecule has 0 saturated carbocycles. The highest BCUT2D eigenvalue weighted by Crippen LogP contribution is 2.00. The van der Waals surface area contributed by atoms with Gasteiger partial charge < -0.3 is 28.0 Å². The summed E-state index contributed by atoms with van der Waals surface area (Å²) in [6.07, 6.45) is 0. The summed E-state index contributed by atoms with van der Waals surface area (Å²) in [5.74, 6) is -0.476. The van der Waals surface area contributed by atoms with E-state index in [1.54, 1.807) is 0 Å². The summed E-state index contributed by atoms with van der Waals surface area (Å²) in [7, 11) is 0. The fraction of sp³-hybridized carbons (Fsp3) is 0.300. The van der Waals surface area contributed by atoms with Crippen LogP contribution in [0.2, 0.25) is 0 Å². The monoisotopic (exact) mass is 231 g/mol. The predicted octanol–water partition coefficient (Wildman–Crippen LogP) is -3.66. The van der Waals surface area contributed by atoms with Crippen LogP contribution in [0.5, 0.6) is 0 Å². The molecule has 0 aliphatic heterocycles. The molecule has 4 N–H and O–H groups in total. The normalized spacial score (nSPS) is 11.3. The fourth-order valence-electron chi connectivity index (χ4n) is 0.921. The molecular formula is C10H14ClNO3. The summed E-state index contributed by atoms with van der Waals surface area (Å²) < 4.78 is 4.92. The molecule has 0 aromatic heterocycles. The number of aliphatic hydroxyl groups excluding tert-OH is 1. The van der Waals surface area contributed by atoms with E-state index >= 15 is 0 Å². The zero-order chi connectivity index (χ0) is 10.4. The van der Waals surface area contributed by atoms with Crippen molar-refractivity contribution in [2.75, 3.05) is 6.61 Å². The number of ether oxygens (including phenoxy) is 1. The molecule has 1 rings (SSSR count). The van der Waals surface area contributed by atoms with Crippen molar-refractivity contribution < 1.29 is 32.8 Å². The van der Waals surface area contributed by atoms with Crippen molar-refractivity contribution in [2.45, 2.75) is 12.6 Å². The number of benzene rings is 1. The first-order chi connectivity index (χ1) is 6.74. The summed E-state index contributed by atoms with van der Waals surface area (Å²) in [5, 5.41) is 8.64. The van der Waals surface area contributed by atoms with E-state index < -0.39 is 12.0 Å². The van der Waals surface area contributed by atoms with E-state index in [1.165, 1.54) is 0 Å². The maximum Gasteiger partial charge on any atom is 0.367 e. The number of hydrogen-bond acceptors (Lipinski definition) is 3. The number of esters is 1. The number of hydrogen-bond donors (Lipinski definition) is 2. The Morgan fingerprint density at radius 1 is 1.40 bits per heavy atom. The van der Waals surface area contributed by atoms with Gasteiger partial charge in [0.1, 0.15) is 13.2 Å². The Morgan fingerprint density at radius 2 is 2.00 bits per heavy atom. The molecule has 1 aromatic carbocycles. The number of rotatable bonds is 4. The van der Waals surface area contributed by atoms with Crippen molar-refractivity contribution in [3.8, 4) is 0 Å². The van der Waals surface area contributed by atoms with Crippen LogP contribution in [-0.4, -0.2) is 23.7 Å². The second kappa shape index (κ2) is 7.23. The summed E-state index contributed by atoms with van der Waals surface area (Å²) in [6, 6.07) is 8.67. The van der Waals surface area contributed by atoms with Gasteiger partial charge in [0.15, 0.2) is 0 Å².